The predicted molar refractivity (Wildman–Crippen MR) is 69.2 cm³/mol. The number of hydrogen-bond donors (Lipinski definition) is 1. The van der Waals surface area contributed by atoms with Crippen molar-refractivity contribution in [2.75, 3.05) is 6.61 Å². The van der Waals surface area contributed by atoms with Crippen molar-refractivity contribution in [2.24, 2.45) is 0 Å². The number of hydrogen-bond acceptors (Lipinski definition) is 2. The molecule has 0 spiro atoms. The highest BCUT2D eigenvalue weighted by Crippen LogP contribution is 2.23. The van der Waals surface area contributed by atoms with Crippen LogP contribution >= 0.6 is 0 Å². The first kappa shape index (κ1) is 12.6. The number of imidazole rings is 1. The van der Waals surface area contributed by atoms with E-state index in [0.29, 0.717) is 6.61 Å². The first-order valence-corrected chi connectivity index (χ1v) is 7.04. The molecule has 0 unspecified atom stereocenters. The molecule has 1 aliphatic carbocycles. The van der Waals surface area contributed by atoms with Gasteiger partial charge in [0.25, 0.3) is 0 Å². The third kappa shape index (κ3) is 2.89. The molecule has 0 amide bonds. The van der Waals surface area contributed by atoms with Crippen LogP contribution in [0.1, 0.15) is 56.2 Å². The van der Waals surface area contributed by atoms with Gasteiger partial charge in [-0.05, 0) is 44.9 Å². The van der Waals surface area contributed by atoms with Crippen LogP contribution < -0.4 is 0 Å². The van der Waals surface area contributed by atoms with Gasteiger partial charge >= 0.3 is 0 Å². The smallest absolute Gasteiger partial charge is 0.109 e. The fraction of sp³-hybridized carbons (Fsp3) is 0.786. The van der Waals surface area contributed by atoms with Gasteiger partial charge in [-0.3, -0.25) is 0 Å². The highest BCUT2D eigenvalue weighted by atomic mass is 16.2. The van der Waals surface area contributed by atoms with Crippen LogP contribution in [-0.4, -0.2) is 21.3 Å². The summed E-state index contributed by atoms with van der Waals surface area (Å²) in [5, 5.41) is 8.88. The number of rotatable bonds is 6. The number of aryl methyl sites for hydroxylation is 2. The zero-order valence-corrected chi connectivity index (χ0v) is 10.9. The Hall–Kier alpha value is -0.830. The van der Waals surface area contributed by atoms with Crippen LogP contribution in [-0.2, 0) is 25.8 Å². The van der Waals surface area contributed by atoms with E-state index in [4.69, 9.17) is 10.1 Å². The molecule has 3 nitrogen and oxygen atoms in total. The molecule has 0 bridgehead atoms. The molecule has 2 rings (SSSR count). The summed E-state index contributed by atoms with van der Waals surface area (Å²) in [6.45, 7) is 3.56. The third-order valence-electron chi connectivity index (χ3n) is 3.58. The lowest BCUT2D eigenvalue weighted by Crippen LogP contribution is -2.11. The quantitative estimate of drug-likeness (QED) is 0.771. The number of aliphatic hydroxyl groups excluding tert-OH is 1. The second-order valence-corrected chi connectivity index (χ2v) is 4.96. The Kier molecular flexibility index (Phi) is 4.60. The molecular formula is C14H24N2O. The molecule has 0 aliphatic heterocycles. The molecule has 1 aromatic rings. The molecule has 0 fully saturated rings. The van der Waals surface area contributed by atoms with Crippen molar-refractivity contribution in [1.82, 2.24) is 9.55 Å². The van der Waals surface area contributed by atoms with E-state index in [0.717, 1.165) is 32.2 Å². The summed E-state index contributed by atoms with van der Waals surface area (Å²) in [5.41, 5.74) is 2.83. The fourth-order valence-corrected chi connectivity index (χ4v) is 2.72. The van der Waals surface area contributed by atoms with Crippen LogP contribution in [0.2, 0.25) is 0 Å². The van der Waals surface area contributed by atoms with Gasteiger partial charge in [0, 0.05) is 25.3 Å². The minimum Gasteiger partial charge on any atom is -0.396 e. The molecule has 0 saturated carbocycles. The fourth-order valence-electron chi connectivity index (χ4n) is 2.72. The molecular weight excluding hydrogens is 212 g/mol. The van der Waals surface area contributed by atoms with Gasteiger partial charge in [0.2, 0.25) is 0 Å². The standard InChI is InChI=1S/C14H24N2O/c1-2-7-14-15-12-8-3-4-9-13(12)16(14)10-5-6-11-17/h17H,2-11H2,1H3. The van der Waals surface area contributed by atoms with E-state index < -0.39 is 0 Å². The van der Waals surface area contributed by atoms with Crippen molar-refractivity contribution >= 4 is 0 Å². The summed E-state index contributed by atoms with van der Waals surface area (Å²) in [6.07, 6.45) is 9.19. The van der Waals surface area contributed by atoms with Crippen LogP contribution in [0.5, 0.6) is 0 Å². The van der Waals surface area contributed by atoms with E-state index in [1.807, 2.05) is 0 Å². The molecule has 0 saturated heterocycles. The second-order valence-electron chi connectivity index (χ2n) is 4.96. The third-order valence-corrected chi connectivity index (χ3v) is 3.58. The second kappa shape index (κ2) is 6.20. The molecule has 0 atom stereocenters. The van der Waals surface area contributed by atoms with E-state index >= 15 is 0 Å². The Morgan fingerprint density at radius 2 is 2.06 bits per heavy atom. The van der Waals surface area contributed by atoms with Gasteiger partial charge in [-0.1, -0.05) is 6.92 Å². The minimum absolute atomic E-state index is 0.306. The zero-order chi connectivity index (χ0) is 12.1. The van der Waals surface area contributed by atoms with E-state index in [2.05, 4.69) is 11.5 Å². The van der Waals surface area contributed by atoms with Gasteiger partial charge in [-0.15, -0.1) is 0 Å². The van der Waals surface area contributed by atoms with E-state index in [9.17, 15) is 0 Å². The normalized spacial score (nSPS) is 14.9. The van der Waals surface area contributed by atoms with E-state index in [1.165, 1.54) is 42.9 Å². The maximum atomic E-state index is 8.88. The maximum absolute atomic E-state index is 8.88. The van der Waals surface area contributed by atoms with Crippen molar-refractivity contribution in [2.45, 2.75) is 64.8 Å². The van der Waals surface area contributed by atoms with Crippen LogP contribution in [0, 0.1) is 0 Å². The number of aliphatic hydroxyl groups is 1. The summed E-state index contributed by atoms with van der Waals surface area (Å²) in [5.74, 6) is 1.28. The summed E-state index contributed by atoms with van der Waals surface area (Å²) in [4.78, 5) is 4.82. The van der Waals surface area contributed by atoms with Crippen LogP contribution in [0.15, 0.2) is 0 Å². The first-order chi connectivity index (χ1) is 8.36. The van der Waals surface area contributed by atoms with E-state index in [1.54, 1.807) is 0 Å². The Labute approximate surface area is 104 Å². The average molecular weight is 236 g/mol. The van der Waals surface area contributed by atoms with Crippen molar-refractivity contribution < 1.29 is 5.11 Å². The summed E-state index contributed by atoms with van der Waals surface area (Å²) in [7, 11) is 0. The molecule has 1 aliphatic rings. The summed E-state index contributed by atoms with van der Waals surface area (Å²) < 4.78 is 2.44. The lowest BCUT2D eigenvalue weighted by atomic mass is 10.0. The molecule has 17 heavy (non-hydrogen) atoms. The Bertz CT molecular complexity index is 357. The highest BCUT2D eigenvalue weighted by molar-refractivity contribution is 5.20. The average Bonchev–Trinajstić information content (AvgIpc) is 2.69. The molecule has 3 heteroatoms. The number of fused-ring (bicyclic) bond motifs is 1. The van der Waals surface area contributed by atoms with Gasteiger partial charge in [0.05, 0.1) is 5.69 Å². The number of unbranched alkanes of at least 4 members (excludes halogenated alkanes) is 1. The van der Waals surface area contributed by atoms with E-state index in [-0.39, 0.29) is 0 Å². The van der Waals surface area contributed by atoms with Crippen LogP contribution in [0.25, 0.3) is 0 Å². The zero-order valence-electron chi connectivity index (χ0n) is 10.9. The largest absolute Gasteiger partial charge is 0.396 e. The number of nitrogens with zero attached hydrogens (tertiary/aromatic N) is 2. The molecule has 96 valence electrons. The molecule has 1 N–H and O–H groups in total. The van der Waals surface area contributed by atoms with Crippen molar-refractivity contribution in [1.29, 1.82) is 0 Å². The van der Waals surface area contributed by atoms with Crippen LogP contribution in [0.4, 0.5) is 0 Å². The van der Waals surface area contributed by atoms with Gasteiger partial charge in [0.1, 0.15) is 5.82 Å². The molecule has 0 radical (unpaired) electrons. The van der Waals surface area contributed by atoms with Gasteiger partial charge in [0.15, 0.2) is 0 Å². The lowest BCUT2D eigenvalue weighted by molar-refractivity contribution is 0.280. The molecule has 0 aromatic carbocycles. The summed E-state index contributed by atoms with van der Waals surface area (Å²) in [6, 6.07) is 0. The summed E-state index contributed by atoms with van der Waals surface area (Å²) >= 11 is 0. The Morgan fingerprint density at radius 3 is 2.82 bits per heavy atom. The lowest BCUT2D eigenvalue weighted by Gasteiger charge is -2.15. The van der Waals surface area contributed by atoms with Gasteiger partial charge < -0.3 is 9.67 Å². The van der Waals surface area contributed by atoms with Crippen molar-refractivity contribution in [3.05, 3.63) is 17.2 Å². The van der Waals surface area contributed by atoms with Crippen molar-refractivity contribution in [3.63, 3.8) is 0 Å². The number of aromatic nitrogens is 2. The Morgan fingerprint density at radius 1 is 1.24 bits per heavy atom. The predicted octanol–water partition coefficient (Wildman–Crippen LogP) is 2.49. The van der Waals surface area contributed by atoms with Gasteiger partial charge in [-0.25, -0.2) is 4.98 Å². The molecule has 1 aromatic heterocycles. The van der Waals surface area contributed by atoms with Crippen molar-refractivity contribution in [3.8, 4) is 0 Å². The van der Waals surface area contributed by atoms with Gasteiger partial charge in [-0.2, -0.15) is 0 Å². The SMILES string of the molecule is CCCc1nc2c(n1CCCCO)CCCC2. The highest BCUT2D eigenvalue weighted by Gasteiger charge is 2.18. The maximum Gasteiger partial charge on any atom is 0.109 e. The molecule has 1 heterocycles. The topological polar surface area (TPSA) is 38.0 Å². The Balaban J connectivity index is 2.16. The monoisotopic (exact) mass is 236 g/mol. The van der Waals surface area contributed by atoms with Crippen LogP contribution in [0.3, 0.4) is 0 Å². The first-order valence-electron chi connectivity index (χ1n) is 7.04. The minimum atomic E-state index is 0.306.